The lowest BCUT2D eigenvalue weighted by molar-refractivity contribution is 0.315. The molecular formula is C17H22N2O. The predicted molar refractivity (Wildman–Crippen MR) is 85.8 cm³/mol. The van der Waals surface area contributed by atoms with Crippen LogP contribution < -0.4 is 15.0 Å². The van der Waals surface area contributed by atoms with Gasteiger partial charge in [-0.15, -0.1) is 0 Å². The molecule has 0 spiro atoms. The fourth-order valence-corrected chi connectivity index (χ4v) is 2.02. The molecule has 0 radical (unpaired) electrons. The van der Waals surface area contributed by atoms with Gasteiger partial charge in [0.25, 0.3) is 0 Å². The van der Waals surface area contributed by atoms with Crippen LogP contribution >= 0.6 is 0 Å². The predicted octanol–water partition coefficient (Wildman–Crippen LogP) is 3.63. The van der Waals surface area contributed by atoms with Gasteiger partial charge in [-0.2, -0.15) is 0 Å². The smallest absolute Gasteiger partial charge is 0.119 e. The van der Waals surface area contributed by atoms with E-state index in [2.05, 4.69) is 48.6 Å². The zero-order valence-corrected chi connectivity index (χ0v) is 12.2. The van der Waals surface area contributed by atoms with E-state index in [-0.39, 0.29) is 0 Å². The molecule has 0 bridgehead atoms. The molecule has 0 atom stereocenters. The van der Waals surface area contributed by atoms with Gasteiger partial charge in [0.2, 0.25) is 0 Å². The average molecular weight is 270 g/mol. The highest BCUT2D eigenvalue weighted by Crippen LogP contribution is 2.23. The van der Waals surface area contributed by atoms with Gasteiger partial charge < -0.3 is 15.0 Å². The first kappa shape index (κ1) is 14.3. The number of anilines is 2. The number of benzene rings is 2. The van der Waals surface area contributed by atoms with Gasteiger partial charge in [-0.25, -0.2) is 0 Å². The van der Waals surface area contributed by atoms with E-state index in [1.165, 1.54) is 5.69 Å². The van der Waals surface area contributed by atoms with Crippen molar-refractivity contribution >= 4 is 11.4 Å². The maximum atomic E-state index is 5.67. The molecule has 0 aromatic heterocycles. The van der Waals surface area contributed by atoms with Crippen molar-refractivity contribution in [1.82, 2.24) is 0 Å². The largest absolute Gasteiger partial charge is 0.494 e. The third-order valence-corrected chi connectivity index (χ3v) is 3.03. The summed E-state index contributed by atoms with van der Waals surface area (Å²) in [5.41, 5.74) is 2.37. The Balaban J connectivity index is 1.74. The van der Waals surface area contributed by atoms with E-state index in [4.69, 9.17) is 4.74 Å². The van der Waals surface area contributed by atoms with Crippen LogP contribution in [0.25, 0.3) is 0 Å². The summed E-state index contributed by atoms with van der Waals surface area (Å²) < 4.78 is 5.67. The molecule has 0 saturated heterocycles. The van der Waals surface area contributed by atoms with Crippen molar-refractivity contribution in [2.45, 2.75) is 6.42 Å². The summed E-state index contributed by atoms with van der Waals surface area (Å²) >= 11 is 0. The average Bonchev–Trinajstić information content (AvgIpc) is 2.48. The zero-order valence-electron chi connectivity index (χ0n) is 12.2. The fourth-order valence-electron chi connectivity index (χ4n) is 2.02. The Bertz CT molecular complexity index is 511. The van der Waals surface area contributed by atoms with Gasteiger partial charge in [-0.1, -0.05) is 30.3 Å². The summed E-state index contributed by atoms with van der Waals surface area (Å²) in [4.78, 5) is 2.11. The monoisotopic (exact) mass is 270 g/mol. The number of nitrogens with zero attached hydrogens (tertiary/aromatic N) is 1. The third-order valence-electron chi connectivity index (χ3n) is 3.03. The van der Waals surface area contributed by atoms with Crippen LogP contribution in [0.1, 0.15) is 6.42 Å². The maximum absolute atomic E-state index is 5.67. The second kappa shape index (κ2) is 7.43. The molecule has 3 nitrogen and oxygen atoms in total. The highest BCUT2D eigenvalue weighted by molar-refractivity contribution is 5.69. The van der Waals surface area contributed by atoms with E-state index >= 15 is 0 Å². The molecule has 2 aromatic rings. The van der Waals surface area contributed by atoms with Crippen molar-refractivity contribution in [3.8, 4) is 5.75 Å². The van der Waals surface area contributed by atoms with E-state index in [9.17, 15) is 0 Å². The van der Waals surface area contributed by atoms with Crippen molar-refractivity contribution in [2.24, 2.45) is 0 Å². The molecule has 2 rings (SSSR count). The molecule has 0 aliphatic rings. The van der Waals surface area contributed by atoms with E-state index < -0.39 is 0 Å². The summed E-state index contributed by atoms with van der Waals surface area (Å²) in [7, 11) is 4.11. The summed E-state index contributed by atoms with van der Waals surface area (Å²) in [6.45, 7) is 1.62. The Morgan fingerprint density at radius 2 is 1.65 bits per heavy atom. The molecule has 1 N–H and O–H groups in total. The van der Waals surface area contributed by atoms with Gasteiger partial charge >= 0.3 is 0 Å². The highest BCUT2D eigenvalue weighted by atomic mass is 16.5. The topological polar surface area (TPSA) is 24.5 Å². The van der Waals surface area contributed by atoms with E-state index in [1.54, 1.807) is 0 Å². The molecule has 0 fully saturated rings. The van der Waals surface area contributed by atoms with Crippen LogP contribution in [0.4, 0.5) is 11.4 Å². The minimum Gasteiger partial charge on any atom is -0.494 e. The number of para-hydroxylation sites is 3. The van der Waals surface area contributed by atoms with Crippen molar-refractivity contribution < 1.29 is 4.74 Å². The Kier molecular flexibility index (Phi) is 5.30. The van der Waals surface area contributed by atoms with E-state index in [0.717, 1.165) is 31.0 Å². The molecule has 0 amide bonds. The van der Waals surface area contributed by atoms with Crippen LogP contribution in [-0.2, 0) is 0 Å². The first-order valence-corrected chi connectivity index (χ1v) is 6.95. The Hall–Kier alpha value is -2.16. The number of nitrogens with one attached hydrogen (secondary N) is 1. The first-order chi connectivity index (χ1) is 9.77. The summed E-state index contributed by atoms with van der Waals surface area (Å²) in [6, 6.07) is 18.3. The van der Waals surface area contributed by atoms with Crippen LogP contribution in [0.3, 0.4) is 0 Å². The van der Waals surface area contributed by atoms with Gasteiger partial charge in [0, 0.05) is 20.6 Å². The molecule has 3 heteroatoms. The SMILES string of the molecule is CN(C)c1ccccc1NCCCOc1ccccc1. The summed E-state index contributed by atoms with van der Waals surface area (Å²) in [6.07, 6.45) is 0.969. The van der Waals surface area contributed by atoms with Crippen LogP contribution in [0.5, 0.6) is 5.75 Å². The van der Waals surface area contributed by atoms with Gasteiger partial charge in [-0.3, -0.25) is 0 Å². The van der Waals surface area contributed by atoms with Gasteiger partial charge in [0.05, 0.1) is 18.0 Å². The summed E-state index contributed by atoms with van der Waals surface area (Å²) in [5.74, 6) is 0.932. The first-order valence-electron chi connectivity index (χ1n) is 6.95. The van der Waals surface area contributed by atoms with Crippen molar-refractivity contribution in [3.05, 3.63) is 54.6 Å². The normalized spacial score (nSPS) is 10.1. The Labute approximate surface area is 121 Å². The summed E-state index contributed by atoms with van der Waals surface area (Å²) in [5, 5.41) is 3.46. The lowest BCUT2D eigenvalue weighted by Crippen LogP contribution is -2.13. The Morgan fingerprint density at radius 3 is 2.40 bits per heavy atom. The van der Waals surface area contributed by atoms with E-state index in [1.807, 2.05) is 30.3 Å². The molecular weight excluding hydrogens is 248 g/mol. The number of ether oxygens (including phenoxy) is 1. The highest BCUT2D eigenvalue weighted by Gasteiger charge is 2.02. The Morgan fingerprint density at radius 1 is 0.950 bits per heavy atom. The molecule has 20 heavy (non-hydrogen) atoms. The standard InChI is InChI=1S/C17H22N2O/c1-19(2)17-12-7-6-11-16(17)18-13-8-14-20-15-9-4-3-5-10-15/h3-7,9-12,18H,8,13-14H2,1-2H3. The third kappa shape index (κ3) is 4.19. The number of hydrogen-bond acceptors (Lipinski definition) is 3. The minimum atomic E-state index is 0.723. The quantitative estimate of drug-likeness (QED) is 0.777. The molecule has 0 saturated carbocycles. The zero-order chi connectivity index (χ0) is 14.2. The fraction of sp³-hybridized carbons (Fsp3) is 0.294. The number of rotatable bonds is 7. The van der Waals surface area contributed by atoms with Crippen molar-refractivity contribution in [3.63, 3.8) is 0 Å². The van der Waals surface area contributed by atoms with Crippen LogP contribution in [0.2, 0.25) is 0 Å². The van der Waals surface area contributed by atoms with Crippen LogP contribution in [0, 0.1) is 0 Å². The molecule has 0 unspecified atom stereocenters. The molecule has 0 aliphatic carbocycles. The van der Waals surface area contributed by atoms with Gasteiger partial charge in [0.15, 0.2) is 0 Å². The lowest BCUT2D eigenvalue weighted by Gasteiger charge is -2.18. The van der Waals surface area contributed by atoms with Crippen LogP contribution in [0.15, 0.2) is 54.6 Å². The number of hydrogen-bond donors (Lipinski definition) is 1. The molecule has 0 heterocycles. The lowest BCUT2D eigenvalue weighted by atomic mass is 10.2. The second-order valence-electron chi connectivity index (χ2n) is 4.85. The molecule has 0 aliphatic heterocycles. The maximum Gasteiger partial charge on any atom is 0.119 e. The van der Waals surface area contributed by atoms with Crippen LogP contribution in [-0.4, -0.2) is 27.2 Å². The molecule has 106 valence electrons. The minimum absolute atomic E-state index is 0.723. The second-order valence-corrected chi connectivity index (χ2v) is 4.85. The van der Waals surface area contributed by atoms with Crippen molar-refractivity contribution in [1.29, 1.82) is 0 Å². The van der Waals surface area contributed by atoms with Gasteiger partial charge in [-0.05, 0) is 30.7 Å². The van der Waals surface area contributed by atoms with Gasteiger partial charge in [0.1, 0.15) is 5.75 Å². The van der Waals surface area contributed by atoms with E-state index in [0.29, 0.717) is 0 Å². The molecule has 2 aromatic carbocycles. The van der Waals surface area contributed by atoms with Crippen molar-refractivity contribution in [2.75, 3.05) is 37.5 Å².